The number of carbonyl (C=O) groups excluding carboxylic acids is 1. The van der Waals surface area contributed by atoms with Gasteiger partial charge in [-0.05, 0) is 24.3 Å². The van der Waals surface area contributed by atoms with E-state index in [4.69, 9.17) is 13.9 Å². The molecule has 1 aromatic carbocycles. The van der Waals surface area contributed by atoms with Gasteiger partial charge in [0.1, 0.15) is 10.4 Å². The van der Waals surface area contributed by atoms with Crippen LogP contribution in [-0.2, 0) is 9.53 Å². The van der Waals surface area contributed by atoms with Crippen LogP contribution in [0.2, 0.25) is 0 Å². The molecule has 0 radical (unpaired) electrons. The highest BCUT2D eigenvalue weighted by Crippen LogP contribution is 2.40. The number of thiophene rings is 1. The monoisotopic (exact) mass is 428 g/mol. The molecular formula is C21H20N2O6S. The van der Waals surface area contributed by atoms with Crippen LogP contribution in [0.4, 0.5) is 11.6 Å². The molecule has 0 saturated carbocycles. The van der Waals surface area contributed by atoms with E-state index in [-0.39, 0.29) is 11.1 Å². The van der Waals surface area contributed by atoms with E-state index in [1.165, 1.54) is 24.5 Å². The van der Waals surface area contributed by atoms with E-state index >= 15 is 0 Å². The van der Waals surface area contributed by atoms with Crippen molar-refractivity contribution < 1.29 is 23.9 Å². The third-order valence-electron chi connectivity index (χ3n) is 4.85. The lowest BCUT2D eigenvalue weighted by atomic mass is 10.1. The molecule has 30 heavy (non-hydrogen) atoms. The summed E-state index contributed by atoms with van der Waals surface area (Å²) < 4.78 is 17.5. The van der Waals surface area contributed by atoms with Gasteiger partial charge in [-0.25, -0.2) is 0 Å². The molecule has 0 spiro atoms. The highest BCUT2D eigenvalue weighted by Gasteiger charge is 2.21. The van der Waals surface area contributed by atoms with Crippen LogP contribution in [0.1, 0.15) is 0 Å². The largest absolute Gasteiger partial charge is 0.496 e. The second-order valence-electron chi connectivity index (χ2n) is 6.59. The van der Waals surface area contributed by atoms with Crippen LogP contribution >= 0.6 is 11.3 Å². The van der Waals surface area contributed by atoms with Crippen molar-refractivity contribution in [2.45, 2.75) is 0 Å². The van der Waals surface area contributed by atoms with Crippen molar-refractivity contribution in [1.29, 1.82) is 0 Å². The molecule has 1 fully saturated rings. The summed E-state index contributed by atoms with van der Waals surface area (Å²) in [6, 6.07) is 6.29. The number of carbonyl (C=O) groups is 1. The van der Waals surface area contributed by atoms with Gasteiger partial charge < -0.3 is 18.8 Å². The third kappa shape index (κ3) is 3.58. The number of hydrogen-bond donors (Lipinski definition) is 1. The number of hydrogen-bond acceptors (Lipinski definition) is 8. The van der Waals surface area contributed by atoms with Crippen LogP contribution in [0.5, 0.6) is 5.75 Å². The zero-order valence-electron chi connectivity index (χ0n) is 16.3. The highest BCUT2D eigenvalue weighted by atomic mass is 32.1. The van der Waals surface area contributed by atoms with Crippen molar-refractivity contribution in [3.8, 4) is 16.9 Å². The Balaban J connectivity index is 1.86. The minimum Gasteiger partial charge on any atom is -0.496 e. The Morgan fingerprint density at radius 3 is 2.77 bits per heavy atom. The molecule has 156 valence electrons. The first-order valence-electron chi connectivity index (χ1n) is 9.25. The van der Waals surface area contributed by atoms with Crippen LogP contribution < -0.4 is 20.1 Å². The molecule has 0 atom stereocenters. The van der Waals surface area contributed by atoms with E-state index in [1.54, 1.807) is 23.6 Å². The number of amides is 1. The molecule has 1 aliphatic heterocycles. The molecule has 3 heterocycles. The van der Waals surface area contributed by atoms with Gasteiger partial charge >= 0.3 is 0 Å². The zero-order chi connectivity index (χ0) is 21.3. The second-order valence-corrected chi connectivity index (χ2v) is 7.47. The molecule has 1 aliphatic rings. The van der Waals surface area contributed by atoms with Crippen molar-refractivity contribution in [2.24, 2.45) is 0 Å². The quantitative estimate of drug-likeness (QED) is 0.379. The molecular weight excluding hydrogens is 408 g/mol. The first kappa shape index (κ1) is 20.1. The average Bonchev–Trinajstić information content (AvgIpc) is 3.22. The van der Waals surface area contributed by atoms with Gasteiger partial charge in [-0.1, -0.05) is 6.58 Å². The van der Waals surface area contributed by atoms with Gasteiger partial charge in [0.2, 0.25) is 5.43 Å². The molecule has 1 saturated heterocycles. The molecule has 1 N–H and O–H groups in total. The number of fused-ring (bicyclic) bond motifs is 1. The molecule has 2 aromatic heterocycles. The predicted molar refractivity (Wildman–Crippen MR) is 115 cm³/mol. The van der Waals surface area contributed by atoms with Crippen LogP contribution in [-0.4, -0.2) is 44.5 Å². The maximum absolute atomic E-state index is 12.7. The first-order valence-corrected chi connectivity index (χ1v) is 10.1. The zero-order valence-corrected chi connectivity index (χ0v) is 17.1. The number of ether oxygens (including phenoxy) is 2. The fourth-order valence-corrected chi connectivity index (χ4v) is 4.21. The number of methoxy groups -OCH3 is 1. The number of rotatable bonds is 5. The summed E-state index contributed by atoms with van der Waals surface area (Å²) in [5.41, 5.74) is 1.76. The third-order valence-corrected chi connectivity index (χ3v) is 5.83. The lowest BCUT2D eigenvalue weighted by Crippen LogP contribution is -2.36. The summed E-state index contributed by atoms with van der Waals surface area (Å²) in [7, 11) is 1.52. The molecule has 4 rings (SSSR count). The first-order chi connectivity index (χ1) is 14.5. The minimum atomic E-state index is -0.664. The molecule has 9 heteroatoms. The van der Waals surface area contributed by atoms with Crippen LogP contribution in [0, 0.1) is 0 Å². The Morgan fingerprint density at radius 1 is 1.30 bits per heavy atom. The Bertz CT molecular complexity index is 1160. The maximum atomic E-state index is 12.7. The van der Waals surface area contributed by atoms with Crippen LogP contribution in [0.3, 0.4) is 0 Å². The fourth-order valence-electron chi connectivity index (χ4n) is 3.31. The lowest BCUT2D eigenvalue weighted by Gasteiger charge is -2.27. The molecule has 0 aliphatic carbocycles. The number of hydroxylamine groups is 1. The van der Waals surface area contributed by atoms with Gasteiger partial charge in [-0.3, -0.25) is 14.8 Å². The van der Waals surface area contributed by atoms with E-state index in [0.717, 1.165) is 6.08 Å². The van der Waals surface area contributed by atoms with Crippen molar-refractivity contribution in [2.75, 3.05) is 43.4 Å². The number of benzene rings is 1. The normalized spacial score (nSPS) is 14.0. The van der Waals surface area contributed by atoms with Crippen LogP contribution in [0.25, 0.3) is 21.4 Å². The molecule has 0 bridgehead atoms. The molecule has 0 unspecified atom stereocenters. The second kappa shape index (κ2) is 8.31. The predicted octanol–water partition coefficient (Wildman–Crippen LogP) is 3.27. The summed E-state index contributed by atoms with van der Waals surface area (Å²) in [5.74, 6) is 0.330. The summed E-state index contributed by atoms with van der Waals surface area (Å²) in [4.78, 5) is 26.5. The maximum Gasteiger partial charge on any atom is 0.274 e. The smallest absolute Gasteiger partial charge is 0.274 e. The average molecular weight is 428 g/mol. The van der Waals surface area contributed by atoms with E-state index in [0.29, 0.717) is 64.4 Å². The summed E-state index contributed by atoms with van der Waals surface area (Å²) in [6.07, 6.45) is 1.01. The van der Waals surface area contributed by atoms with Gasteiger partial charge in [0.15, 0.2) is 11.5 Å². The number of anilines is 2. The van der Waals surface area contributed by atoms with Crippen molar-refractivity contribution in [3.63, 3.8) is 0 Å². The van der Waals surface area contributed by atoms with E-state index in [2.05, 4.69) is 6.58 Å². The summed E-state index contributed by atoms with van der Waals surface area (Å²) in [6.45, 7) is 5.78. The lowest BCUT2D eigenvalue weighted by molar-refractivity contribution is -0.118. The Kier molecular flexibility index (Phi) is 5.58. The van der Waals surface area contributed by atoms with Gasteiger partial charge in [0.25, 0.3) is 5.91 Å². The van der Waals surface area contributed by atoms with Crippen molar-refractivity contribution >= 4 is 39.1 Å². The number of morpholine rings is 1. The van der Waals surface area contributed by atoms with Gasteiger partial charge in [0, 0.05) is 35.7 Å². The van der Waals surface area contributed by atoms with E-state index in [9.17, 15) is 14.8 Å². The fraction of sp³-hybridized carbons (Fsp3) is 0.238. The highest BCUT2D eigenvalue weighted by molar-refractivity contribution is 7.17. The van der Waals surface area contributed by atoms with Crippen molar-refractivity contribution in [1.82, 2.24) is 0 Å². The van der Waals surface area contributed by atoms with Crippen molar-refractivity contribution in [3.05, 3.63) is 52.5 Å². The molecule has 1 amide bonds. The topological polar surface area (TPSA) is 92.5 Å². The summed E-state index contributed by atoms with van der Waals surface area (Å²) in [5, 5.41) is 12.4. The molecule has 8 nitrogen and oxygen atoms in total. The minimum absolute atomic E-state index is 0.130. The van der Waals surface area contributed by atoms with Crippen LogP contribution in [0.15, 0.2) is 51.5 Å². The van der Waals surface area contributed by atoms with Gasteiger partial charge in [-0.2, -0.15) is 5.06 Å². The number of nitrogens with zero attached hydrogens (tertiary/aromatic N) is 2. The Morgan fingerprint density at radius 2 is 2.07 bits per heavy atom. The van der Waals surface area contributed by atoms with Gasteiger partial charge in [-0.15, -0.1) is 11.3 Å². The van der Waals surface area contributed by atoms with E-state index < -0.39 is 5.91 Å². The molecule has 3 aromatic rings. The summed E-state index contributed by atoms with van der Waals surface area (Å²) >= 11 is 1.27. The Hall–Kier alpha value is -3.14. The SMILES string of the molecule is C=CC(=O)N(O)c1ccc(OC)c(-c2csc3c(=O)cc(N4CCOCC4)oc23)c1. The van der Waals surface area contributed by atoms with Gasteiger partial charge in [0.05, 0.1) is 26.0 Å². The standard InChI is InChI=1S/C21H20N2O6S/c1-3-18(25)23(26)13-4-5-17(27-2)14(10-13)15-12-30-21-16(24)11-19(29-20(15)21)22-6-8-28-9-7-22/h3-5,10-12,26H,1,6-9H2,2H3. The van der Waals surface area contributed by atoms with E-state index in [1.807, 2.05) is 4.90 Å². The Labute approximate surface area is 176 Å².